The van der Waals surface area contributed by atoms with Crippen molar-refractivity contribution in [3.05, 3.63) is 24.0 Å². The van der Waals surface area contributed by atoms with Crippen LogP contribution in [0.5, 0.6) is 0 Å². The van der Waals surface area contributed by atoms with E-state index >= 15 is 0 Å². The molecular formula is C8H13NO3S. The van der Waals surface area contributed by atoms with Crippen LogP contribution >= 0.6 is 0 Å². The van der Waals surface area contributed by atoms with Crippen molar-refractivity contribution in [3.8, 4) is 0 Å². The first-order chi connectivity index (χ1) is 5.73. The second-order valence-corrected chi connectivity index (χ2v) is 5.37. The fourth-order valence-electron chi connectivity index (χ4n) is 1.13. The molecule has 4 nitrogen and oxygen atoms in total. The summed E-state index contributed by atoms with van der Waals surface area (Å²) in [5.41, 5.74) is -0.776. The van der Waals surface area contributed by atoms with E-state index in [1.54, 1.807) is 26.0 Å². The Morgan fingerprint density at radius 2 is 2.00 bits per heavy atom. The Labute approximate surface area is 77.9 Å². The highest BCUT2D eigenvalue weighted by atomic mass is 32.2. The first-order valence-corrected chi connectivity index (χ1v) is 5.68. The number of aromatic nitrogens is 1. The number of hydrogen-bond donors (Lipinski definition) is 1. The predicted octanol–water partition coefficient (Wildman–Crippen LogP) is 0.523. The lowest BCUT2D eigenvalue weighted by molar-refractivity contribution is 0.0731. The van der Waals surface area contributed by atoms with Crippen LogP contribution in [-0.4, -0.2) is 23.8 Å². The maximum atomic E-state index is 11.2. The van der Waals surface area contributed by atoms with Gasteiger partial charge in [-0.2, -0.15) is 0 Å². The molecular weight excluding hydrogens is 190 g/mol. The third-order valence-corrected chi connectivity index (χ3v) is 2.73. The summed E-state index contributed by atoms with van der Waals surface area (Å²) >= 11 is 0. The minimum atomic E-state index is -3.32. The average Bonchev–Trinajstić information content (AvgIpc) is 2.27. The topological polar surface area (TPSA) is 59.3 Å². The van der Waals surface area contributed by atoms with Crippen molar-refractivity contribution in [3.63, 3.8) is 0 Å². The van der Waals surface area contributed by atoms with E-state index in [4.69, 9.17) is 0 Å². The maximum absolute atomic E-state index is 11.2. The summed E-state index contributed by atoms with van der Waals surface area (Å²) in [7, 11) is -3.32. The Morgan fingerprint density at radius 3 is 2.31 bits per heavy atom. The van der Waals surface area contributed by atoms with Gasteiger partial charge in [0.15, 0.2) is 0 Å². The van der Waals surface area contributed by atoms with Crippen LogP contribution in [0.4, 0.5) is 0 Å². The van der Waals surface area contributed by atoms with Gasteiger partial charge in [0, 0.05) is 6.20 Å². The van der Waals surface area contributed by atoms with E-state index in [0.29, 0.717) is 5.69 Å². The normalized spacial score (nSPS) is 13.2. The van der Waals surface area contributed by atoms with Gasteiger partial charge in [0.05, 0.1) is 11.9 Å². The van der Waals surface area contributed by atoms with E-state index < -0.39 is 15.6 Å². The molecule has 0 saturated heterocycles. The molecule has 0 aromatic carbocycles. The molecule has 0 amide bonds. The van der Waals surface area contributed by atoms with Gasteiger partial charge in [-0.15, -0.1) is 0 Å². The quantitative estimate of drug-likeness (QED) is 0.762. The van der Waals surface area contributed by atoms with E-state index in [1.807, 2.05) is 0 Å². The minimum Gasteiger partial charge on any atom is -0.384 e. The first-order valence-electron chi connectivity index (χ1n) is 3.83. The molecule has 1 aromatic heterocycles. The molecule has 0 aliphatic heterocycles. The van der Waals surface area contributed by atoms with Gasteiger partial charge < -0.3 is 5.11 Å². The highest BCUT2D eigenvalue weighted by Gasteiger charge is 2.23. The zero-order valence-electron chi connectivity index (χ0n) is 7.85. The van der Waals surface area contributed by atoms with E-state index in [-0.39, 0.29) is 0 Å². The van der Waals surface area contributed by atoms with Gasteiger partial charge in [-0.25, -0.2) is 12.4 Å². The molecule has 74 valence electrons. The van der Waals surface area contributed by atoms with Gasteiger partial charge in [-0.3, -0.25) is 0 Å². The summed E-state index contributed by atoms with van der Waals surface area (Å²) in [6.07, 6.45) is 2.52. The highest BCUT2D eigenvalue weighted by molar-refractivity contribution is 7.89. The van der Waals surface area contributed by atoms with Crippen LogP contribution in [0.3, 0.4) is 0 Å². The average molecular weight is 203 g/mol. The van der Waals surface area contributed by atoms with Crippen LogP contribution in [0.25, 0.3) is 0 Å². The minimum absolute atomic E-state index is 0.370. The van der Waals surface area contributed by atoms with Gasteiger partial charge in [-0.1, -0.05) is 0 Å². The molecule has 1 rings (SSSR count). The van der Waals surface area contributed by atoms with Crippen LogP contribution in [0.15, 0.2) is 18.3 Å². The zero-order chi connectivity index (χ0) is 10.3. The number of hydrogen-bond acceptors (Lipinski definition) is 3. The Bertz CT molecular complexity index is 397. The molecule has 0 unspecified atom stereocenters. The van der Waals surface area contributed by atoms with E-state index in [0.717, 1.165) is 10.2 Å². The summed E-state index contributed by atoms with van der Waals surface area (Å²) in [5.74, 6) is 0. The summed E-state index contributed by atoms with van der Waals surface area (Å²) in [6.45, 7) is 3.09. The van der Waals surface area contributed by atoms with Crippen molar-refractivity contribution in [2.75, 3.05) is 6.26 Å². The molecule has 1 N–H and O–H groups in total. The summed E-state index contributed by atoms with van der Waals surface area (Å²) < 4.78 is 23.5. The molecule has 13 heavy (non-hydrogen) atoms. The lowest BCUT2D eigenvalue weighted by atomic mass is 10.1. The summed E-state index contributed by atoms with van der Waals surface area (Å²) in [6, 6.07) is 3.18. The molecule has 5 heteroatoms. The second kappa shape index (κ2) is 2.85. The van der Waals surface area contributed by atoms with Gasteiger partial charge in [0.25, 0.3) is 0 Å². The van der Waals surface area contributed by atoms with E-state index in [2.05, 4.69) is 0 Å². The lowest BCUT2D eigenvalue weighted by Gasteiger charge is -2.19. The molecule has 0 aliphatic rings. The molecule has 1 aromatic rings. The fraction of sp³-hybridized carbons (Fsp3) is 0.500. The number of nitrogens with zero attached hydrogens (tertiary/aromatic N) is 1. The third-order valence-electron chi connectivity index (χ3n) is 1.70. The smallest absolute Gasteiger partial charge is 0.235 e. The Morgan fingerprint density at radius 1 is 1.46 bits per heavy atom. The Kier molecular flexibility index (Phi) is 2.25. The number of rotatable bonds is 2. The first kappa shape index (κ1) is 10.3. The van der Waals surface area contributed by atoms with Crippen LogP contribution < -0.4 is 0 Å². The lowest BCUT2D eigenvalue weighted by Crippen LogP contribution is -2.23. The van der Waals surface area contributed by atoms with E-state index in [1.165, 1.54) is 6.20 Å². The molecule has 1 heterocycles. The Balaban J connectivity index is 3.35. The van der Waals surface area contributed by atoms with Crippen molar-refractivity contribution in [2.45, 2.75) is 19.4 Å². The van der Waals surface area contributed by atoms with Crippen molar-refractivity contribution in [2.24, 2.45) is 0 Å². The van der Waals surface area contributed by atoms with E-state index in [9.17, 15) is 13.5 Å². The van der Waals surface area contributed by atoms with Crippen LogP contribution in [-0.2, 0) is 15.6 Å². The fourth-order valence-corrected chi connectivity index (χ4v) is 2.06. The van der Waals surface area contributed by atoms with Gasteiger partial charge in [0.1, 0.15) is 5.60 Å². The molecule has 0 bridgehead atoms. The van der Waals surface area contributed by atoms with Crippen molar-refractivity contribution >= 4 is 10.0 Å². The van der Waals surface area contributed by atoms with Gasteiger partial charge in [-0.05, 0) is 26.0 Å². The van der Waals surface area contributed by atoms with Crippen LogP contribution in [0.1, 0.15) is 19.5 Å². The second-order valence-electron chi connectivity index (χ2n) is 3.51. The SMILES string of the molecule is CC(C)(O)c1cccn1S(C)(=O)=O. The Hall–Kier alpha value is -0.810. The molecule has 0 saturated carbocycles. The molecule has 0 radical (unpaired) electrons. The van der Waals surface area contributed by atoms with Crippen molar-refractivity contribution in [1.29, 1.82) is 0 Å². The standard InChI is InChI=1S/C8H13NO3S/c1-8(2,10)7-5-4-6-9(7)13(3,11)12/h4-6,10H,1-3H3. The predicted molar refractivity (Wildman–Crippen MR) is 49.9 cm³/mol. The highest BCUT2D eigenvalue weighted by Crippen LogP contribution is 2.20. The molecule has 0 fully saturated rings. The summed E-state index contributed by atoms with van der Waals surface area (Å²) in [4.78, 5) is 0. The molecule has 0 aliphatic carbocycles. The third kappa shape index (κ3) is 2.10. The van der Waals surface area contributed by atoms with Crippen LogP contribution in [0.2, 0.25) is 0 Å². The number of aliphatic hydroxyl groups is 1. The largest absolute Gasteiger partial charge is 0.384 e. The van der Waals surface area contributed by atoms with Crippen LogP contribution in [0, 0.1) is 0 Å². The zero-order valence-corrected chi connectivity index (χ0v) is 8.67. The van der Waals surface area contributed by atoms with Gasteiger partial charge >= 0.3 is 0 Å². The van der Waals surface area contributed by atoms with Crippen molar-refractivity contribution < 1.29 is 13.5 Å². The van der Waals surface area contributed by atoms with Crippen molar-refractivity contribution in [1.82, 2.24) is 3.97 Å². The van der Waals surface area contributed by atoms with Gasteiger partial charge in [0.2, 0.25) is 10.0 Å². The maximum Gasteiger partial charge on any atom is 0.235 e. The monoisotopic (exact) mass is 203 g/mol. The summed E-state index contributed by atoms with van der Waals surface area (Å²) in [5, 5.41) is 9.64. The molecule has 0 atom stereocenters. The molecule has 0 spiro atoms.